The number of hydrogen-bond donors (Lipinski definition) is 2. The van der Waals surface area contributed by atoms with Crippen molar-refractivity contribution in [2.24, 2.45) is 0 Å². The second-order valence-corrected chi connectivity index (χ2v) is 6.56. The number of amides is 4. The van der Waals surface area contributed by atoms with Crippen molar-refractivity contribution in [3.63, 3.8) is 0 Å². The van der Waals surface area contributed by atoms with Crippen LogP contribution in [0, 0.1) is 10.1 Å². The first-order valence-corrected chi connectivity index (χ1v) is 9.20. The molecule has 4 amide bonds. The summed E-state index contributed by atoms with van der Waals surface area (Å²) in [5, 5.41) is 16.2. The molecule has 30 heavy (non-hydrogen) atoms. The van der Waals surface area contributed by atoms with Gasteiger partial charge in [0.15, 0.2) is 0 Å². The first-order chi connectivity index (χ1) is 14.4. The van der Waals surface area contributed by atoms with Gasteiger partial charge in [-0.25, -0.2) is 4.79 Å². The summed E-state index contributed by atoms with van der Waals surface area (Å²) in [4.78, 5) is 47.9. The number of non-ortho nitro benzene ring substituents is 1. The zero-order valence-corrected chi connectivity index (χ0v) is 16.2. The van der Waals surface area contributed by atoms with Gasteiger partial charge in [-0.3, -0.25) is 24.6 Å². The summed E-state index contributed by atoms with van der Waals surface area (Å²) in [7, 11) is 1.56. The third-order valence-electron chi connectivity index (χ3n) is 4.60. The fourth-order valence-corrected chi connectivity index (χ4v) is 3.06. The van der Waals surface area contributed by atoms with Crippen LogP contribution in [-0.4, -0.2) is 47.9 Å². The number of methoxy groups -OCH3 is 1. The Morgan fingerprint density at radius 1 is 1.10 bits per heavy atom. The summed E-state index contributed by atoms with van der Waals surface area (Å²) in [5.41, 5.74) is 0.809. The molecule has 2 aromatic carbocycles. The Morgan fingerprint density at radius 3 is 2.60 bits per heavy atom. The molecule has 3 rings (SSSR count). The molecular weight excluding hydrogens is 392 g/mol. The monoisotopic (exact) mass is 412 g/mol. The highest BCUT2D eigenvalue weighted by Gasteiger charge is 2.36. The van der Waals surface area contributed by atoms with E-state index in [9.17, 15) is 24.5 Å². The van der Waals surface area contributed by atoms with Crippen molar-refractivity contribution < 1.29 is 24.0 Å². The van der Waals surface area contributed by atoms with E-state index in [1.807, 2.05) is 18.2 Å². The lowest BCUT2D eigenvalue weighted by Crippen LogP contribution is -2.37. The van der Waals surface area contributed by atoms with Crippen LogP contribution >= 0.6 is 0 Å². The van der Waals surface area contributed by atoms with Gasteiger partial charge in [0.2, 0.25) is 0 Å². The predicted molar refractivity (Wildman–Crippen MR) is 106 cm³/mol. The number of imide groups is 1. The fraction of sp³-hybridized carbons (Fsp3) is 0.250. The van der Waals surface area contributed by atoms with Gasteiger partial charge < -0.3 is 15.4 Å². The minimum absolute atomic E-state index is 0.0261. The van der Waals surface area contributed by atoms with E-state index in [0.29, 0.717) is 18.7 Å². The van der Waals surface area contributed by atoms with E-state index in [2.05, 4.69) is 10.6 Å². The van der Waals surface area contributed by atoms with E-state index >= 15 is 0 Å². The van der Waals surface area contributed by atoms with Crippen LogP contribution < -0.4 is 15.4 Å². The summed E-state index contributed by atoms with van der Waals surface area (Å²) in [6.45, 7) is 0.661. The van der Waals surface area contributed by atoms with Gasteiger partial charge in [-0.2, -0.15) is 0 Å². The van der Waals surface area contributed by atoms with Gasteiger partial charge in [-0.05, 0) is 30.2 Å². The normalized spacial score (nSPS) is 12.5. The first kappa shape index (κ1) is 20.8. The largest absolute Gasteiger partial charge is 0.497 e. The summed E-state index contributed by atoms with van der Waals surface area (Å²) in [5.74, 6) is -0.366. The van der Waals surface area contributed by atoms with Crippen LogP contribution in [-0.2, 0) is 6.54 Å². The smallest absolute Gasteiger partial charge is 0.315 e. The molecule has 1 heterocycles. The highest BCUT2D eigenvalue weighted by atomic mass is 16.6. The minimum Gasteiger partial charge on any atom is -0.497 e. The molecule has 0 saturated carbocycles. The Hall–Kier alpha value is -3.95. The zero-order chi connectivity index (χ0) is 21.7. The second kappa shape index (κ2) is 9.03. The number of nitro benzene ring substituents is 1. The molecule has 0 atom stereocenters. The maximum atomic E-state index is 12.4. The van der Waals surface area contributed by atoms with E-state index in [0.717, 1.165) is 16.5 Å². The number of carbonyl (C=O) groups excluding carboxylic acids is 3. The lowest BCUT2D eigenvalue weighted by atomic mass is 10.1. The maximum absolute atomic E-state index is 12.4. The molecule has 0 bridgehead atoms. The van der Waals surface area contributed by atoms with E-state index in [-0.39, 0.29) is 35.9 Å². The standard InChI is InChI=1S/C20H20N4O6/c1-30-15-5-2-4-13(10-15)12-22-20(27)21-8-3-9-23-18(25)16-7-6-14(24(28)29)11-17(16)19(23)26/h2,4-7,10-11H,3,8-9,12H2,1H3,(H2,21,22,27). The third kappa shape index (κ3) is 4.54. The molecule has 1 aliphatic heterocycles. The molecule has 0 spiro atoms. The zero-order valence-electron chi connectivity index (χ0n) is 16.2. The Labute approximate surface area is 172 Å². The van der Waals surface area contributed by atoms with Gasteiger partial charge in [-0.1, -0.05) is 12.1 Å². The van der Waals surface area contributed by atoms with E-state index in [1.54, 1.807) is 13.2 Å². The molecule has 0 fully saturated rings. The van der Waals surface area contributed by atoms with Crippen molar-refractivity contribution in [1.29, 1.82) is 0 Å². The van der Waals surface area contributed by atoms with Crippen molar-refractivity contribution in [1.82, 2.24) is 15.5 Å². The number of nitro groups is 1. The van der Waals surface area contributed by atoms with Gasteiger partial charge in [-0.15, -0.1) is 0 Å². The minimum atomic E-state index is -0.616. The average molecular weight is 412 g/mol. The molecule has 0 aliphatic carbocycles. The summed E-state index contributed by atoms with van der Waals surface area (Å²) in [6.07, 6.45) is 0.347. The third-order valence-corrected chi connectivity index (χ3v) is 4.60. The highest BCUT2D eigenvalue weighted by molar-refractivity contribution is 6.21. The number of benzene rings is 2. The number of fused-ring (bicyclic) bond motifs is 1. The molecule has 10 heteroatoms. The van der Waals surface area contributed by atoms with Crippen molar-refractivity contribution >= 4 is 23.5 Å². The number of hydrogen-bond acceptors (Lipinski definition) is 6. The Bertz CT molecular complexity index is 1010. The molecule has 0 radical (unpaired) electrons. The van der Waals surface area contributed by atoms with Crippen LogP contribution in [0.25, 0.3) is 0 Å². The summed E-state index contributed by atoms with van der Waals surface area (Å²) in [6, 6.07) is 10.5. The Kier molecular flexibility index (Phi) is 6.26. The van der Waals surface area contributed by atoms with Gasteiger partial charge in [0, 0.05) is 31.8 Å². The van der Waals surface area contributed by atoms with Crippen LogP contribution in [0.1, 0.15) is 32.7 Å². The second-order valence-electron chi connectivity index (χ2n) is 6.56. The highest BCUT2D eigenvalue weighted by Crippen LogP contribution is 2.26. The Morgan fingerprint density at radius 2 is 1.87 bits per heavy atom. The molecule has 10 nitrogen and oxygen atoms in total. The lowest BCUT2D eigenvalue weighted by molar-refractivity contribution is -0.384. The predicted octanol–water partition coefficient (Wildman–Crippen LogP) is 2.09. The van der Waals surface area contributed by atoms with Gasteiger partial charge in [0.1, 0.15) is 5.75 Å². The number of ether oxygens (including phenoxy) is 1. The van der Waals surface area contributed by atoms with E-state index in [1.165, 1.54) is 12.1 Å². The molecule has 0 aromatic heterocycles. The van der Waals surface area contributed by atoms with Crippen LogP contribution in [0.15, 0.2) is 42.5 Å². The van der Waals surface area contributed by atoms with Crippen LogP contribution in [0.5, 0.6) is 5.75 Å². The Balaban J connectivity index is 1.45. The number of nitrogens with zero attached hydrogens (tertiary/aromatic N) is 2. The molecular formula is C20H20N4O6. The summed E-state index contributed by atoms with van der Waals surface area (Å²) >= 11 is 0. The molecule has 2 N–H and O–H groups in total. The molecule has 2 aromatic rings. The molecule has 0 saturated heterocycles. The first-order valence-electron chi connectivity index (χ1n) is 9.20. The van der Waals surface area contributed by atoms with E-state index < -0.39 is 16.7 Å². The molecule has 156 valence electrons. The number of nitrogens with one attached hydrogen (secondary N) is 2. The summed E-state index contributed by atoms with van der Waals surface area (Å²) < 4.78 is 5.13. The maximum Gasteiger partial charge on any atom is 0.315 e. The van der Waals surface area contributed by atoms with Gasteiger partial charge >= 0.3 is 6.03 Å². The molecule has 1 aliphatic rings. The van der Waals surface area contributed by atoms with Crippen LogP contribution in [0.2, 0.25) is 0 Å². The van der Waals surface area contributed by atoms with Gasteiger partial charge in [0.05, 0.1) is 23.2 Å². The van der Waals surface area contributed by atoms with Crippen molar-refractivity contribution in [3.05, 3.63) is 69.3 Å². The van der Waals surface area contributed by atoms with Gasteiger partial charge in [0.25, 0.3) is 17.5 Å². The van der Waals surface area contributed by atoms with E-state index in [4.69, 9.17) is 4.74 Å². The average Bonchev–Trinajstić information content (AvgIpc) is 2.99. The van der Waals surface area contributed by atoms with Crippen molar-refractivity contribution in [3.8, 4) is 5.75 Å². The number of carbonyl (C=O) groups is 3. The quantitative estimate of drug-likeness (QED) is 0.295. The van der Waals surface area contributed by atoms with Crippen LogP contribution in [0.3, 0.4) is 0 Å². The fourth-order valence-electron chi connectivity index (χ4n) is 3.06. The van der Waals surface area contributed by atoms with Crippen LogP contribution in [0.4, 0.5) is 10.5 Å². The van der Waals surface area contributed by atoms with Crippen molar-refractivity contribution in [2.45, 2.75) is 13.0 Å². The number of rotatable bonds is 8. The van der Waals surface area contributed by atoms with Crippen molar-refractivity contribution in [2.75, 3.05) is 20.2 Å². The topological polar surface area (TPSA) is 131 Å². The number of urea groups is 1. The SMILES string of the molecule is COc1cccc(CNC(=O)NCCCN2C(=O)c3ccc([N+](=O)[O-])cc3C2=O)c1. The molecule has 0 unspecified atom stereocenters. The lowest BCUT2D eigenvalue weighted by Gasteiger charge is -2.14.